The van der Waals surface area contributed by atoms with Gasteiger partial charge in [0.1, 0.15) is 11.6 Å². The molecule has 0 aliphatic heterocycles. The molecule has 0 radical (unpaired) electrons. The Bertz CT molecular complexity index is 916. The molecule has 0 saturated heterocycles. The molecule has 2 nitrogen and oxygen atoms in total. The summed E-state index contributed by atoms with van der Waals surface area (Å²) in [5.41, 5.74) is 3.78. The summed E-state index contributed by atoms with van der Waals surface area (Å²) in [5.74, 6) is -0.0582. The van der Waals surface area contributed by atoms with E-state index in [9.17, 15) is 14.3 Å². The van der Waals surface area contributed by atoms with Crippen LogP contribution in [0.1, 0.15) is 30.4 Å². The fourth-order valence-corrected chi connectivity index (χ4v) is 4.20. The molecule has 1 N–H and O–H groups in total. The van der Waals surface area contributed by atoms with Gasteiger partial charge in [-0.1, -0.05) is 29.8 Å². The number of carbonyl (C=O) groups is 1. The van der Waals surface area contributed by atoms with E-state index in [2.05, 4.69) is 0 Å². The number of halogens is 2. The van der Waals surface area contributed by atoms with Crippen molar-refractivity contribution < 1.29 is 14.3 Å². The van der Waals surface area contributed by atoms with Crippen LogP contribution in [0.15, 0.2) is 42.2 Å². The largest absolute Gasteiger partial charge is 0.511 e. The Hall–Kier alpha value is -2.13. The van der Waals surface area contributed by atoms with Crippen LogP contribution in [0.25, 0.3) is 16.7 Å². The minimum Gasteiger partial charge on any atom is -0.511 e. The molecular formula is C21H18ClFO2. The minimum atomic E-state index is -0.461. The van der Waals surface area contributed by atoms with Crippen molar-refractivity contribution in [1.29, 1.82) is 0 Å². The maximum atomic E-state index is 13.4. The number of Topliss-reactive ketones (excluding diaryl/α,β-unsaturated/α-hetero) is 1. The molecule has 2 aliphatic carbocycles. The van der Waals surface area contributed by atoms with Crippen molar-refractivity contribution in [2.75, 3.05) is 0 Å². The highest BCUT2D eigenvalue weighted by molar-refractivity contribution is 6.31. The van der Waals surface area contributed by atoms with E-state index in [4.69, 9.17) is 11.6 Å². The first kappa shape index (κ1) is 16.3. The molecule has 25 heavy (non-hydrogen) atoms. The molecule has 0 amide bonds. The molecule has 4 rings (SSSR count). The predicted molar refractivity (Wildman–Crippen MR) is 97.0 cm³/mol. The zero-order valence-corrected chi connectivity index (χ0v) is 14.6. The van der Waals surface area contributed by atoms with Crippen molar-refractivity contribution in [2.24, 2.45) is 11.8 Å². The van der Waals surface area contributed by atoms with E-state index in [1.165, 1.54) is 6.07 Å². The van der Waals surface area contributed by atoms with E-state index in [1.807, 2.05) is 25.1 Å². The SMILES string of the molecule is Cc1ccc(-c2ccc(F)c(Cl)c2)cc1C1=C(O)C2CCC(C2)C1=O. The lowest BCUT2D eigenvalue weighted by molar-refractivity contribution is -0.117. The topological polar surface area (TPSA) is 37.3 Å². The summed E-state index contributed by atoms with van der Waals surface area (Å²) in [7, 11) is 0. The van der Waals surface area contributed by atoms with Crippen LogP contribution in [-0.2, 0) is 4.79 Å². The van der Waals surface area contributed by atoms with Crippen molar-refractivity contribution in [1.82, 2.24) is 0 Å². The van der Waals surface area contributed by atoms with Gasteiger partial charge in [-0.2, -0.15) is 0 Å². The van der Waals surface area contributed by atoms with Crippen molar-refractivity contribution in [3.05, 3.63) is 64.1 Å². The third-order valence-electron chi connectivity index (χ3n) is 5.45. The van der Waals surface area contributed by atoms with Crippen LogP contribution in [0.5, 0.6) is 0 Å². The van der Waals surface area contributed by atoms with Crippen molar-refractivity contribution in [2.45, 2.75) is 26.2 Å². The molecule has 1 saturated carbocycles. The highest BCUT2D eigenvalue weighted by Gasteiger charge is 2.41. The molecule has 0 heterocycles. The standard InChI is InChI=1S/C21H18ClFO2/c1-11-2-3-12(13-6-7-18(23)17(22)10-13)9-16(11)19-20(24)14-4-5-15(8-14)21(19)25/h2-3,6-7,9-10,14-15,24H,4-5,8H2,1H3. The van der Waals surface area contributed by atoms with Gasteiger partial charge in [-0.15, -0.1) is 0 Å². The molecule has 4 heteroatoms. The molecule has 2 bridgehead atoms. The number of rotatable bonds is 2. The zero-order chi connectivity index (χ0) is 17.7. The Morgan fingerprint density at radius 2 is 1.76 bits per heavy atom. The Labute approximate surface area is 150 Å². The van der Waals surface area contributed by atoms with Gasteiger partial charge >= 0.3 is 0 Å². The van der Waals surface area contributed by atoms with Gasteiger partial charge in [-0.05, 0) is 66.6 Å². The number of carbonyl (C=O) groups excluding carboxylic acids is 1. The monoisotopic (exact) mass is 356 g/mol. The summed E-state index contributed by atoms with van der Waals surface area (Å²) in [6.45, 7) is 1.93. The van der Waals surface area contributed by atoms with Gasteiger partial charge in [0.2, 0.25) is 0 Å². The van der Waals surface area contributed by atoms with Gasteiger partial charge in [0.25, 0.3) is 0 Å². The average molecular weight is 357 g/mol. The molecule has 2 aromatic carbocycles. The van der Waals surface area contributed by atoms with Gasteiger partial charge in [0, 0.05) is 11.8 Å². The van der Waals surface area contributed by atoms with Gasteiger partial charge in [0.05, 0.1) is 10.6 Å². The maximum absolute atomic E-state index is 13.4. The Balaban J connectivity index is 1.84. The minimum absolute atomic E-state index is 0.0271. The number of benzene rings is 2. The molecule has 0 spiro atoms. The van der Waals surface area contributed by atoms with Gasteiger partial charge in [-0.25, -0.2) is 4.39 Å². The number of fused-ring (bicyclic) bond motifs is 2. The van der Waals surface area contributed by atoms with Crippen LogP contribution in [0, 0.1) is 24.6 Å². The lowest BCUT2D eigenvalue weighted by Gasteiger charge is -2.23. The molecule has 1 fully saturated rings. The fraction of sp³-hybridized carbons (Fsp3) is 0.286. The van der Waals surface area contributed by atoms with E-state index < -0.39 is 5.82 Å². The Morgan fingerprint density at radius 3 is 2.52 bits per heavy atom. The normalized spacial score (nSPS) is 22.6. The average Bonchev–Trinajstić information content (AvgIpc) is 3.05. The van der Waals surface area contributed by atoms with Gasteiger partial charge in [0.15, 0.2) is 5.78 Å². The maximum Gasteiger partial charge on any atom is 0.169 e. The highest BCUT2D eigenvalue weighted by atomic mass is 35.5. The van der Waals surface area contributed by atoms with Crippen molar-refractivity contribution in [3.8, 4) is 11.1 Å². The number of ketones is 1. The predicted octanol–water partition coefficient (Wildman–Crippen LogP) is 5.72. The summed E-state index contributed by atoms with van der Waals surface area (Å²) in [4.78, 5) is 12.8. The molecule has 2 aromatic rings. The molecule has 2 unspecified atom stereocenters. The quantitative estimate of drug-likeness (QED) is 0.746. The lowest BCUT2D eigenvalue weighted by Crippen LogP contribution is -2.21. The van der Waals surface area contributed by atoms with E-state index >= 15 is 0 Å². The first-order valence-electron chi connectivity index (χ1n) is 8.49. The number of allylic oxidation sites excluding steroid dienone is 2. The second-order valence-electron chi connectivity index (χ2n) is 6.99. The highest BCUT2D eigenvalue weighted by Crippen LogP contribution is 2.46. The summed E-state index contributed by atoms with van der Waals surface area (Å²) in [6.07, 6.45) is 2.49. The Morgan fingerprint density at radius 1 is 1.08 bits per heavy atom. The molecule has 0 aromatic heterocycles. The fourth-order valence-electron chi connectivity index (χ4n) is 4.02. The summed E-state index contributed by atoms with van der Waals surface area (Å²) < 4.78 is 13.4. The second kappa shape index (κ2) is 5.99. The summed E-state index contributed by atoms with van der Waals surface area (Å²) in [5, 5.41) is 10.7. The van der Waals surface area contributed by atoms with Crippen LogP contribution >= 0.6 is 11.6 Å². The van der Waals surface area contributed by atoms with E-state index in [-0.39, 0.29) is 28.4 Å². The first-order chi connectivity index (χ1) is 12.0. The number of aliphatic hydroxyl groups excluding tert-OH is 1. The van der Waals surface area contributed by atoms with Gasteiger partial charge in [-0.3, -0.25) is 4.79 Å². The van der Waals surface area contributed by atoms with Crippen LogP contribution in [0.3, 0.4) is 0 Å². The Kier molecular flexibility index (Phi) is 3.92. The van der Waals surface area contributed by atoms with E-state index in [0.29, 0.717) is 5.57 Å². The molecular weight excluding hydrogens is 339 g/mol. The number of hydrogen-bond acceptors (Lipinski definition) is 2. The summed E-state index contributed by atoms with van der Waals surface area (Å²) in [6, 6.07) is 10.3. The smallest absolute Gasteiger partial charge is 0.169 e. The van der Waals surface area contributed by atoms with Crippen LogP contribution < -0.4 is 0 Å². The number of aryl methyl sites for hydroxylation is 1. The number of hydrogen-bond donors (Lipinski definition) is 1. The van der Waals surface area contributed by atoms with Crippen LogP contribution in [-0.4, -0.2) is 10.9 Å². The second-order valence-corrected chi connectivity index (χ2v) is 7.40. The van der Waals surface area contributed by atoms with Crippen LogP contribution in [0.4, 0.5) is 4.39 Å². The summed E-state index contributed by atoms with van der Waals surface area (Å²) >= 11 is 5.90. The van der Waals surface area contributed by atoms with Crippen molar-refractivity contribution in [3.63, 3.8) is 0 Å². The first-order valence-corrected chi connectivity index (χ1v) is 8.87. The van der Waals surface area contributed by atoms with Gasteiger partial charge < -0.3 is 5.11 Å². The van der Waals surface area contributed by atoms with E-state index in [0.717, 1.165) is 41.5 Å². The molecule has 128 valence electrons. The zero-order valence-electron chi connectivity index (χ0n) is 13.9. The molecule has 2 atom stereocenters. The van der Waals surface area contributed by atoms with Crippen molar-refractivity contribution >= 4 is 23.0 Å². The van der Waals surface area contributed by atoms with Crippen LogP contribution in [0.2, 0.25) is 5.02 Å². The third kappa shape index (κ3) is 2.67. The molecule has 2 aliphatic rings. The lowest BCUT2D eigenvalue weighted by atomic mass is 9.81. The third-order valence-corrected chi connectivity index (χ3v) is 5.74. The number of aliphatic hydroxyl groups is 1. The van der Waals surface area contributed by atoms with E-state index in [1.54, 1.807) is 12.1 Å².